The lowest BCUT2D eigenvalue weighted by atomic mass is 9.44. The van der Waals surface area contributed by atoms with Gasteiger partial charge in [-0.25, -0.2) is 4.18 Å². The fraction of sp³-hybridized carbons (Fsp3) is 0.962. The Morgan fingerprint density at radius 2 is 1.76 bits per heavy atom. The molecule has 0 saturated heterocycles. The summed E-state index contributed by atoms with van der Waals surface area (Å²) in [6.07, 6.45) is -0.587. The van der Waals surface area contributed by atoms with Crippen molar-refractivity contribution >= 4 is 26.4 Å². The normalized spacial score (nSPS) is 45.1. The maximum absolute atomic E-state index is 12.3. The second-order valence-electron chi connectivity index (χ2n) is 12.3. The molecule has 0 bridgehead atoms. The van der Waals surface area contributed by atoms with E-state index in [4.69, 9.17) is 10.0 Å². The van der Waals surface area contributed by atoms with Gasteiger partial charge >= 0.3 is 10.4 Å². The Morgan fingerprint density at radius 3 is 2.43 bits per heavy atom. The molecule has 11 heteroatoms. The average molecular weight is 568 g/mol. The molecule has 4 aliphatic carbocycles. The Labute approximate surface area is 228 Å². The van der Waals surface area contributed by atoms with Crippen molar-refractivity contribution in [3.05, 3.63) is 0 Å². The third-order valence-corrected chi connectivity index (χ3v) is 11.5. The number of nitrogens with one attached hydrogen (secondary N) is 1. The van der Waals surface area contributed by atoms with Gasteiger partial charge in [0.25, 0.3) is 10.1 Å². The number of rotatable bonds is 9. The molecule has 9 atom stereocenters. The molecule has 4 saturated carbocycles. The van der Waals surface area contributed by atoms with Gasteiger partial charge in [-0.15, -0.1) is 0 Å². The van der Waals surface area contributed by atoms with Crippen LogP contribution in [0.2, 0.25) is 0 Å². The van der Waals surface area contributed by atoms with Gasteiger partial charge in [0.05, 0.1) is 11.9 Å². The van der Waals surface area contributed by atoms with E-state index in [1.54, 1.807) is 0 Å². The van der Waals surface area contributed by atoms with E-state index in [9.17, 15) is 26.2 Å². The molecular weight excluding hydrogens is 518 g/mol. The number of hydrogen-bond acceptors (Lipinski definition) is 6. The highest BCUT2D eigenvalue weighted by atomic mass is 32.3. The first-order chi connectivity index (χ1) is 18.6. The van der Waals surface area contributed by atoms with Crippen molar-refractivity contribution in [3.63, 3.8) is 0 Å². The van der Waals surface area contributed by atoms with Gasteiger partial charge in [0.2, 0.25) is 5.91 Å². The molecule has 9 nitrogen and oxygen atoms in total. The van der Waals surface area contributed by atoms with Gasteiger partial charge < -0.3 is 5.32 Å². The first kappa shape index (κ1) is 24.1. The monoisotopic (exact) mass is 567 g/mol. The molecule has 0 aromatic rings. The minimum Gasteiger partial charge on any atom is -0.355 e. The van der Waals surface area contributed by atoms with Crippen LogP contribution in [0.4, 0.5) is 0 Å². The largest absolute Gasteiger partial charge is 0.397 e. The fourth-order valence-corrected chi connectivity index (χ4v) is 9.39. The molecule has 214 valence electrons. The number of fused-ring (bicyclic) bond motifs is 5. The van der Waals surface area contributed by atoms with Crippen LogP contribution in [0.25, 0.3) is 0 Å². The zero-order valence-electron chi connectivity index (χ0n) is 26.0. The van der Waals surface area contributed by atoms with E-state index in [0.717, 1.165) is 32.1 Å². The molecule has 0 aromatic carbocycles. The first-order valence-electron chi connectivity index (χ1n) is 15.5. The van der Waals surface area contributed by atoms with E-state index in [1.807, 2.05) is 6.92 Å². The van der Waals surface area contributed by atoms with E-state index in [0.29, 0.717) is 30.6 Å². The van der Waals surface area contributed by atoms with Crippen LogP contribution in [0.15, 0.2) is 0 Å². The van der Waals surface area contributed by atoms with Crippen LogP contribution in [0, 0.1) is 46.3 Å². The van der Waals surface area contributed by atoms with E-state index in [-0.39, 0.29) is 42.5 Å². The third-order valence-electron chi connectivity index (χ3n) is 10.4. The van der Waals surface area contributed by atoms with Crippen molar-refractivity contribution < 1.29 is 40.4 Å². The van der Waals surface area contributed by atoms with Crippen LogP contribution in [0.5, 0.6) is 0 Å². The summed E-state index contributed by atoms with van der Waals surface area (Å²) in [6, 6.07) is 0. The molecule has 0 aromatic heterocycles. The van der Waals surface area contributed by atoms with Crippen molar-refractivity contribution in [3.8, 4) is 0 Å². The van der Waals surface area contributed by atoms with E-state index < -0.39 is 56.5 Å². The van der Waals surface area contributed by atoms with Crippen molar-refractivity contribution in [2.45, 2.75) is 97.4 Å². The lowest BCUT2D eigenvalue weighted by Crippen LogP contribution is -2.54. The molecular formula is C26H45NO8S2. The second-order valence-corrected chi connectivity index (χ2v) is 15.0. The Kier molecular flexibility index (Phi) is 6.94. The zero-order chi connectivity index (χ0) is 30.8. The maximum Gasteiger partial charge on any atom is 0.397 e. The number of carbonyl (C=O) groups is 1. The summed E-state index contributed by atoms with van der Waals surface area (Å²) in [5, 5.41) is 2.55. The Bertz CT molecular complexity index is 1230. The minimum absolute atomic E-state index is 0.0362. The molecule has 4 fully saturated rings. The highest BCUT2D eigenvalue weighted by molar-refractivity contribution is 7.85. The Balaban J connectivity index is 1.46. The first-order valence-corrected chi connectivity index (χ1v) is 16.5. The van der Waals surface area contributed by atoms with Gasteiger partial charge in [-0.2, -0.15) is 16.8 Å². The lowest BCUT2D eigenvalue weighted by Gasteiger charge is -2.61. The van der Waals surface area contributed by atoms with Gasteiger partial charge in [-0.3, -0.25) is 13.9 Å². The van der Waals surface area contributed by atoms with Crippen molar-refractivity contribution in [1.29, 1.82) is 0 Å². The van der Waals surface area contributed by atoms with Crippen LogP contribution in [0.3, 0.4) is 0 Å². The van der Waals surface area contributed by atoms with Gasteiger partial charge in [-0.1, -0.05) is 20.8 Å². The molecule has 0 radical (unpaired) electrons. The second kappa shape index (κ2) is 10.7. The quantitative estimate of drug-likeness (QED) is 0.350. The molecule has 3 N–H and O–H groups in total. The molecule has 0 unspecified atom stereocenters. The highest BCUT2D eigenvalue weighted by Gasteiger charge is 2.60. The zero-order valence-corrected chi connectivity index (χ0v) is 23.6. The summed E-state index contributed by atoms with van der Waals surface area (Å²) in [7, 11) is -9.17. The topological polar surface area (TPSA) is 147 Å². The third kappa shape index (κ3) is 6.36. The minimum atomic E-state index is -5.04. The summed E-state index contributed by atoms with van der Waals surface area (Å²) < 4.78 is 103. The molecule has 4 aliphatic rings. The molecule has 0 spiro atoms. The predicted molar refractivity (Wildman–Crippen MR) is 139 cm³/mol. The van der Waals surface area contributed by atoms with Crippen LogP contribution < -0.4 is 5.32 Å². The van der Waals surface area contributed by atoms with E-state index in [1.165, 1.54) is 0 Å². The summed E-state index contributed by atoms with van der Waals surface area (Å²) in [5.41, 5.74) is -0.658. The maximum atomic E-state index is 12.3. The summed E-state index contributed by atoms with van der Waals surface area (Å²) in [5.74, 6) is 0.0485. The Hall–Kier alpha value is -0.750. The molecule has 0 aliphatic heterocycles. The average Bonchev–Trinajstić information content (AvgIpc) is 3.16. The predicted octanol–water partition coefficient (Wildman–Crippen LogP) is 4.25. The van der Waals surface area contributed by atoms with Gasteiger partial charge in [0.1, 0.15) is 0 Å². The van der Waals surface area contributed by atoms with Crippen LogP contribution in [-0.4, -0.2) is 50.2 Å². The van der Waals surface area contributed by atoms with Gasteiger partial charge in [0.15, 0.2) is 0 Å². The molecule has 37 heavy (non-hydrogen) atoms. The summed E-state index contributed by atoms with van der Waals surface area (Å²) in [6.45, 7) is 6.33. The fourth-order valence-electron chi connectivity index (χ4n) is 8.66. The molecule has 1 amide bonds. The molecule has 4 rings (SSSR count). The number of amides is 1. The van der Waals surface area contributed by atoms with Crippen molar-refractivity contribution in [2.24, 2.45) is 46.3 Å². The van der Waals surface area contributed by atoms with Gasteiger partial charge in [-0.05, 0) is 110 Å². The number of hydrogen-bond donors (Lipinski definition) is 3. The van der Waals surface area contributed by atoms with E-state index >= 15 is 0 Å². The summed E-state index contributed by atoms with van der Waals surface area (Å²) in [4.78, 5) is 12.3. The van der Waals surface area contributed by atoms with Crippen molar-refractivity contribution in [1.82, 2.24) is 5.32 Å². The molecule has 0 heterocycles. The SMILES string of the molecule is [2H]C1([2H])C[C@@]2(C)[C@H](CC[C@@H]3[C@@H]2CC[C@]2(C)[C@@H]([C@H](C)CCC(=O)NCCS(=O)(=O)O)CC[C@@H]32)C([2H])([2H])[C@@H]1OS(=O)(=O)O. The van der Waals surface area contributed by atoms with Crippen LogP contribution >= 0.6 is 0 Å². The van der Waals surface area contributed by atoms with Crippen molar-refractivity contribution in [2.75, 3.05) is 12.3 Å². The number of carbonyl (C=O) groups excluding carboxylic acids is 1. The van der Waals surface area contributed by atoms with Crippen LogP contribution in [-0.2, 0) is 29.5 Å². The van der Waals surface area contributed by atoms with E-state index in [2.05, 4.69) is 23.3 Å². The standard InChI is InChI=1S/C26H45NO8S2/c1-17(4-9-24(28)27-14-15-36(29,30)31)21-7-8-22-20-6-5-18-16-19(35-37(32,33)34)10-12-25(18,2)23(20)11-13-26(21,22)3/h17-23H,4-16H2,1-3H3,(H,27,28)(H,29,30,31)(H,32,33,34)/t17-,18-,19-,20+,21-,22+,23+,25+,26-/m1/s1/i10D2,16D2. The van der Waals surface area contributed by atoms with Gasteiger partial charge in [0, 0.05) is 18.4 Å². The van der Waals surface area contributed by atoms with Crippen LogP contribution in [0.1, 0.15) is 96.8 Å². The summed E-state index contributed by atoms with van der Waals surface area (Å²) >= 11 is 0. The highest BCUT2D eigenvalue weighted by Crippen LogP contribution is 2.68. The lowest BCUT2D eigenvalue weighted by molar-refractivity contribution is -0.127. The Morgan fingerprint density at radius 1 is 1.05 bits per heavy atom. The smallest absolute Gasteiger partial charge is 0.355 e.